The van der Waals surface area contributed by atoms with Crippen LogP contribution < -0.4 is 5.73 Å². The van der Waals surface area contributed by atoms with Gasteiger partial charge in [0.2, 0.25) is 0 Å². The zero-order valence-corrected chi connectivity index (χ0v) is 8.76. The normalized spacial score (nSPS) is 11.0. The Bertz CT molecular complexity index is 333. The predicted molar refractivity (Wildman–Crippen MR) is 50.7 cm³/mol. The fourth-order valence-electron chi connectivity index (χ4n) is 1.06. The smallest absolute Gasteiger partial charge is 0.280 e. The van der Waals surface area contributed by atoms with Crippen molar-refractivity contribution in [3.63, 3.8) is 0 Å². The van der Waals surface area contributed by atoms with Gasteiger partial charge in [-0.1, -0.05) is 0 Å². The maximum atomic E-state index is 12.4. The van der Waals surface area contributed by atoms with Gasteiger partial charge < -0.3 is 10.8 Å². The molecule has 1 heterocycles. The van der Waals surface area contributed by atoms with Crippen molar-refractivity contribution in [2.24, 2.45) is 5.73 Å². The van der Waals surface area contributed by atoms with Crippen LogP contribution in [0.3, 0.4) is 0 Å². The minimum Gasteiger partial charge on any atom is -0.392 e. The highest BCUT2D eigenvalue weighted by Crippen LogP contribution is 2.25. The largest absolute Gasteiger partial charge is 0.392 e. The summed E-state index contributed by atoms with van der Waals surface area (Å²) in [6.45, 7) is -0.281. The van der Waals surface area contributed by atoms with E-state index in [1.54, 1.807) is 0 Å². The fraction of sp³-hybridized carbons (Fsp3) is 0.375. The number of nitrogens with zero attached hydrogens (tertiary/aromatic N) is 1. The van der Waals surface area contributed by atoms with E-state index >= 15 is 0 Å². The second-order valence-electron chi connectivity index (χ2n) is 2.65. The molecule has 78 valence electrons. The molecule has 3 N–H and O–H groups in total. The first-order valence-electron chi connectivity index (χ1n) is 3.87. The number of alkyl halides is 2. The van der Waals surface area contributed by atoms with Gasteiger partial charge in [-0.25, -0.2) is 13.8 Å². The highest BCUT2D eigenvalue weighted by Gasteiger charge is 2.16. The second-order valence-corrected chi connectivity index (χ2v) is 3.40. The topological polar surface area (TPSA) is 59.1 Å². The number of halogens is 3. The first-order valence-corrected chi connectivity index (χ1v) is 4.66. The minimum absolute atomic E-state index is 0.0209. The summed E-state index contributed by atoms with van der Waals surface area (Å²) in [6.07, 6.45) is -2.66. The van der Waals surface area contributed by atoms with E-state index in [0.29, 0.717) is 5.56 Å². The third-order valence-corrected chi connectivity index (χ3v) is 2.44. The highest BCUT2D eigenvalue weighted by molar-refractivity contribution is 9.10. The summed E-state index contributed by atoms with van der Waals surface area (Å²) in [5.41, 5.74) is 5.67. The molecule has 0 aliphatic heterocycles. The van der Waals surface area contributed by atoms with Crippen molar-refractivity contribution in [2.75, 3.05) is 0 Å². The van der Waals surface area contributed by atoms with E-state index in [-0.39, 0.29) is 29.0 Å². The molecule has 0 saturated heterocycles. The van der Waals surface area contributed by atoms with Crippen molar-refractivity contribution in [2.45, 2.75) is 19.6 Å². The lowest BCUT2D eigenvalue weighted by atomic mass is 10.1. The molecule has 0 aromatic carbocycles. The predicted octanol–water partition coefficient (Wildman–Crippen LogP) is 1.73. The van der Waals surface area contributed by atoms with Crippen LogP contribution in [0.4, 0.5) is 8.78 Å². The van der Waals surface area contributed by atoms with Gasteiger partial charge in [0.25, 0.3) is 6.43 Å². The monoisotopic (exact) mass is 266 g/mol. The molecule has 0 amide bonds. The van der Waals surface area contributed by atoms with Crippen molar-refractivity contribution in [3.8, 4) is 0 Å². The number of hydrogen-bond acceptors (Lipinski definition) is 3. The first kappa shape index (κ1) is 11.5. The number of aromatic nitrogens is 1. The molecular weight excluding hydrogens is 258 g/mol. The van der Waals surface area contributed by atoms with Gasteiger partial charge in [-0.2, -0.15) is 0 Å². The summed E-state index contributed by atoms with van der Waals surface area (Å²) in [5, 5.41) is 8.87. The van der Waals surface area contributed by atoms with Gasteiger partial charge in [-0.15, -0.1) is 0 Å². The molecule has 0 spiro atoms. The van der Waals surface area contributed by atoms with E-state index in [9.17, 15) is 8.78 Å². The summed E-state index contributed by atoms with van der Waals surface area (Å²) >= 11 is 2.99. The standard InChI is InChI=1S/C8H9BrF2N2O/c9-7-5(3-14)1-4(2-12)6(13-7)8(10)11/h1,8,14H,2-3,12H2. The van der Waals surface area contributed by atoms with Crippen LogP contribution in [0.2, 0.25) is 0 Å². The number of aliphatic hydroxyl groups is 1. The molecule has 0 aliphatic rings. The zero-order chi connectivity index (χ0) is 10.7. The van der Waals surface area contributed by atoms with Crippen LogP contribution in [0.25, 0.3) is 0 Å². The molecule has 0 unspecified atom stereocenters. The number of aliphatic hydroxyl groups excluding tert-OH is 1. The lowest BCUT2D eigenvalue weighted by Gasteiger charge is -2.09. The maximum absolute atomic E-state index is 12.4. The summed E-state index contributed by atoms with van der Waals surface area (Å²) in [5.74, 6) is 0. The van der Waals surface area contributed by atoms with E-state index in [1.165, 1.54) is 6.07 Å². The van der Waals surface area contributed by atoms with Gasteiger partial charge in [0.1, 0.15) is 10.3 Å². The average molecular weight is 267 g/mol. The lowest BCUT2D eigenvalue weighted by molar-refractivity contribution is 0.144. The van der Waals surface area contributed by atoms with Crippen LogP contribution in [-0.4, -0.2) is 10.1 Å². The molecule has 0 aliphatic carbocycles. The maximum Gasteiger partial charge on any atom is 0.280 e. The van der Waals surface area contributed by atoms with Gasteiger partial charge in [-0.05, 0) is 27.6 Å². The fourth-order valence-corrected chi connectivity index (χ4v) is 1.49. The quantitative estimate of drug-likeness (QED) is 0.820. The Labute approximate surface area is 88.1 Å². The Kier molecular flexibility index (Phi) is 3.91. The van der Waals surface area contributed by atoms with Crippen LogP contribution in [-0.2, 0) is 13.2 Å². The van der Waals surface area contributed by atoms with Crippen molar-refractivity contribution >= 4 is 15.9 Å². The highest BCUT2D eigenvalue weighted by atomic mass is 79.9. The Balaban J connectivity index is 3.24. The zero-order valence-electron chi connectivity index (χ0n) is 7.17. The molecule has 0 fully saturated rings. The van der Waals surface area contributed by atoms with Gasteiger partial charge >= 0.3 is 0 Å². The molecule has 1 rings (SSSR count). The Morgan fingerprint density at radius 1 is 1.50 bits per heavy atom. The second kappa shape index (κ2) is 4.77. The van der Waals surface area contributed by atoms with E-state index in [2.05, 4.69) is 20.9 Å². The van der Waals surface area contributed by atoms with Crippen LogP contribution in [0.1, 0.15) is 23.2 Å². The Morgan fingerprint density at radius 2 is 2.14 bits per heavy atom. The van der Waals surface area contributed by atoms with E-state index < -0.39 is 6.43 Å². The third-order valence-electron chi connectivity index (χ3n) is 1.76. The minimum atomic E-state index is -2.66. The summed E-state index contributed by atoms with van der Waals surface area (Å²) in [4.78, 5) is 3.64. The van der Waals surface area contributed by atoms with E-state index in [4.69, 9.17) is 10.8 Å². The average Bonchev–Trinajstić information content (AvgIpc) is 2.17. The molecule has 0 radical (unpaired) electrons. The summed E-state index contributed by atoms with van der Waals surface area (Å²) in [6, 6.07) is 1.43. The van der Waals surface area contributed by atoms with Gasteiger partial charge in [0, 0.05) is 12.1 Å². The SMILES string of the molecule is NCc1cc(CO)c(Br)nc1C(F)F. The van der Waals surface area contributed by atoms with Crippen molar-refractivity contribution in [1.29, 1.82) is 0 Å². The first-order chi connectivity index (χ1) is 6.60. The number of rotatable bonds is 3. The molecule has 6 heteroatoms. The van der Waals surface area contributed by atoms with Gasteiger partial charge in [0.05, 0.1) is 6.61 Å². The number of nitrogens with two attached hydrogens (primary N) is 1. The van der Waals surface area contributed by atoms with Crippen LogP contribution >= 0.6 is 15.9 Å². The van der Waals surface area contributed by atoms with Crippen LogP contribution in [0, 0.1) is 0 Å². The molecular formula is C8H9BrF2N2O. The molecule has 1 aromatic heterocycles. The van der Waals surface area contributed by atoms with Crippen LogP contribution in [0.5, 0.6) is 0 Å². The molecule has 14 heavy (non-hydrogen) atoms. The molecule has 0 atom stereocenters. The van der Waals surface area contributed by atoms with Crippen molar-refractivity contribution in [1.82, 2.24) is 4.98 Å². The van der Waals surface area contributed by atoms with Crippen LogP contribution in [0.15, 0.2) is 10.7 Å². The van der Waals surface area contributed by atoms with Crippen molar-refractivity contribution < 1.29 is 13.9 Å². The molecule has 0 saturated carbocycles. The van der Waals surface area contributed by atoms with Crippen molar-refractivity contribution in [3.05, 3.63) is 27.5 Å². The Hall–Kier alpha value is -0.590. The van der Waals surface area contributed by atoms with E-state index in [1.807, 2.05) is 0 Å². The summed E-state index contributed by atoms with van der Waals surface area (Å²) < 4.78 is 25.1. The molecule has 0 bridgehead atoms. The summed E-state index contributed by atoms with van der Waals surface area (Å²) in [7, 11) is 0. The Morgan fingerprint density at radius 3 is 2.57 bits per heavy atom. The number of pyridine rings is 1. The lowest BCUT2D eigenvalue weighted by Crippen LogP contribution is -2.07. The number of hydrogen-bond donors (Lipinski definition) is 2. The van der Waals surface area contributed by atoms with E-state index in [0.717, 1.165) is 0 Å². The molecule has 1 aromatic rings. The molecule has 3 nitrogen and oxygen atoms in total. The third kappa shape index (κ3) is 2.26. The van der Waals surface area contributed by atoms with Gasteiger partial charge in [0.15, 0.2) is 0 Å². The van der Waals surface area contributed by atoms with Gasteiger partial charge in [-0.3, -0.25) is 0 Å².